The van der Waals surface area contributed by atoms with E-state index in [1.807, 2.05) is 12.1 Å². The Balaban J connectivity index is 1.10. The number of nitrogens with zero attached hydrogens (tertiary/aromatic N) is 1. The number of benzene rings is 10. The van der Waals surface area contributed by atoms with Crippen molar-refractivity contribution in [2.75, 3.05) is 4.90 Å². The third-order valence-corrected chi connectivity index (χ3v) is 11.9. The van der Waals surface area contributed by atoms with E-state index in [0.717, 1.165) is 88.8 Å². The zero-order chi connectivity index (χ0) is 38.9. The zero-order valence-electron chi connectivity index (χ0n) is 32.0. The highest BCUT2D eigenvalue weighted by molar-refractivity contribution is 6.17. The second-order valence-electron chi connectivity index (χ2n) is 15.2. The Labute approximate surface area is 340 Å². The Kier molecular flexibility index (Phi) is 7.54. The maximum absolute atomic E-state index is 7.05. The topological polar surface area (TPSA) is 29.5 Å². The summed E-state index contributed by atoms with van der Waals surface area (Å²) in [6.45, 7) is 0. The summed E-state index contributed by atoms with van der Waals surface area (Å²) in [7, 11) is 0. The summed E-state index contributed by atoms with van der Waals surface area (Å²) in [6.07, 6.45) is 0. The molecule has 276 valence electrons. The summed E-state index contributed by atoms with van der Waals surface area (Å²) in [6, 6.07) is 75.4. The number of furan rings is 2. The molecule has 10 aromatic carbocycles. The van der Waals surface area contributed by atoms with E-state index in [1.165, 1.54) is 27.1 Å². The Morgan fingerprint density at radius 1 is 0.271 bits per heavy atom. The first-order valence-corrected chi connectivity index (χ1v) is 20.1. The number of rotatable bonds is 6. The molecule has 0 spiro atoms. The quantitative estimate of drug-likeness (QED) is 0.158. The molecule has 0 bridgehead atoms. The highest BCUT2D eigenvalue weighted by atomic mass is 16.3. The van der Waals surface area contributed by atoms with Gasteiger partial charge in [-0.25, -0.2) is 0 Å². The van der Waals surface area contributed by atoms with Crippen molar-refractivity contribution in [3.63, 3.8) is 0 Å². The first kappa shape index (κ1) is 33.3. The van der Waals surface area contributed by atoms with Crippen LogP contribution in [0.5, 0.6) is 0 Å². The molecule has 3 nitrogen and oxygen atoms in total. The van der Waals surface area contributed by atoms with E-state index in [0.29, 0.717) is 0 Å². The second kappa shape index (κ2) is 13.4. The lowest BCUT2D eigenvalue weighted by Crippen LogP contribution is -2.10. The van der Waals surface area contributed by atoms with E-state index in [2.05, 4.69) is 205 Å². The van der Waals surface area contributed by atoms with Crippen molar-refractivity contribution in [3.8, 4) is 33.4 Å². The lowest BCUT2D eigenvalue weighted by molar-refractivity contribution is 0.667. The fourth-order valence-corrected chi connectivity index (χ4v) is 9.14. The molecule has 0 aliphatic heterocycles. The first-order chi connectivity index (χ1) is 29.3. The zero-order valence-corrected chi connectivity index (χ0v) is 32.0. The molecular weight excluding hydrogens is 719 g/mol. The van der Waals surface area contributed by atoms with E-state index in [4.69, 9.17) is 8.83 Å². The van der Waals surface area contributed by atoms with E-state index < -0.39 is 0 Å². The highest BCUT2D eigenvalue weighted by Crippen LogP contribution is 2.48. The van der Waals surface area contributed by atoms with Gasteiger partial charge in [0.1, 0.15) is 11.2 Å². The number of para-hydroxylation sites is 4. The SMILES string of the molecule is c1ccc(-c2cccc3c2oc2c(N(c4ccc(-c5cc6ccccc6c6ccccc56)cc4)c4cccc5c4oc4c(-c6ccccc6)cccc45)cccc23)cc1. The summed E-state index contributed by atoms with van der Waals surface area (Å²) in [4.78, 5) is 2.31. The minimum Gasteiger partial charge on any atom is -0.453 e. The van der Waals surface area contributed by atoms with Crippen molar-refractivity contribution in [1.29, 1.82) is 0 Å². The van der Waals surface area contributed by atoms with Gasteiger partial charge >= 0.3 is 0 Å². The van der Waals surface area contributed by atoms with Gasteiger partial charge in [-0.15, -0.1) is 0 Å². The summed E-state index contributed by atoms with van der Waals surface area (Å²) in [5.74, 6) is 0. The number of fused-ring (bicyclic) bond motifs is 9. The molecule has 0 N–H and O–H groups in total. The molecule has 2 heterocycles. The molecule has 2 aromatic heterocycles. The van der Waals surface area contributed by atoms with Crippen molar-refractivity contribution in [3.05, 3.63) is 212 Å². The molecule has 0 fully saturated rings. The lowest BCUT2D eigenvalue weighted by Gasteiger charge is -2.26. The van der Waals surface area contributed by atoms with E-state index in [-0.39, 0.29) is 0 Å². The Hall–Kier alpha value is -7.88. The molecule has 0 atom stereocenters. The molecule has 0 amide bonds. The fourth-order valence-electron chi connectivity index (χ4n) is 9.14. The van der Waals surface area contributed by atoms with Crippen LogP contribution in [-0.4, -0.2) is 0 Å². The van der Waals surface area contributed by atoms with Crippen molar-refractivity contribution in [2.45, 2.75) is 0 Å². The molecular formula is C56H35NO2. The number of anilines is 3. The molecule has 0 radical (unpaired) electrons. The summed E-state index contributed by atoms with van der Waals surface area (Å²) in [5.41, 5.74) is 12.9. The second-order valence-corrected chi connectivity index (χ2v) is 15.2. The van der Waals surface area contributed by atoms with E-state index >= 15 is 0 Å². The maximum Gasteiger partial charge on any atom is 0.159 e. The van der Waals surface area contributed by atoms with Crippen LogP contribution in [0.4, 0.5) is 17.1 Å². The number of hydrogen-bond acceptors (Lipinski definition) is 3. The summed E-state index contributed by atoms with van der Waals surface area (Å²) < 4.78 is 14.1. The number of hydrogen-bond donors (Lipinski definition) is 0. The van der Waals surface area contributed by atoms with Crippen molar-refractivity contribution in [1.82, 2.24) is 0 Å². The maximum atomic E-state index is 7.05. The molecule has 0 unspecified atom stereocenters. The predicted octanol–water partition coefficient (Wildman–Crippen LogP) is 16.3. The van der Waals surface area contributed by atoms with Crippen LogP contribution in [0.3, 0.4) is 0 Å². The lowest BCUT2D eigenvalue weighted by atomic mass is 9.93. The summed E-state index contributed by atoms with van der Waals surface area (Å²) >= 11 is 0. The highest BCUT2D eigenvalue weighted by Gasteiger charge is 2.25. The molecule has 0 aliphatic rings. The van der Waals surface area contributed by atoms with Gasteiger partial charge in [-0.1, -0.05) is 182 Å². The first-order valence-electron chi connectivity index (χ1n) is 20.1. The third kappa shape index (κ3) is 5.29. The average Bonchev–Trinajstić information content (AvgIpc) is 3.90. The van der Waals surface area contributed by atoms with Gasteiger partial charge in [0.05, 0.1) is 11.4 Å². The van der Waals surface area contributed by atoms with Gasteiger partial charge in [-0.2, -0.15) is 0 Å². The van der Waals surface area contributed by atoms with Crippen LogP contribution in [0.1, 0.15) is 0 Å². The molecule has 59 heavy (non-hydrogen) atoms. The Morgan fingerprint density at radius 2 is 0.695 bits per heavy atom. The third-order valence-electron chi connectivity index (χ3n) is 11.9. The van der Waals surface area contributed by atoms with Gasteiger partial charge in [0.25, 0.3) is 0 Å². The average molecular weight is 754 g/mol. The van der Waals surface area contributed by atoms with Crippen LogP contribution in [0, 0.1) is 0 Å². The van der Waals surface area contributed by atoms with Crippen LogP contribution in [0.2, 0.25) is 0 Å². The molecule has 12 aromatic rings. The van der Waals surface area contributed by atoms with Crippen molar-refractivity contribution >= 4 is 82.5 Å². The van der Waals surface area contributed by atoms with Gasteiger partial charge in [-0.3, -0.25) is 0 Å². The molecule has 12 rings (SSSR count). The van der Waals surface area contributed by atoms with E-state index in [1.54, 1.807) is 0 Å². The minimum absolute atomic E-state index is 0.813. The molecule has 0 saturated carbocycles. The Bertz CT molecular complexity index is 3390. The van der Waals surface area contributed by atoms with Gasteiger partial charge in [0.2, 0.25) is 0 Å². The monoisotopic (exact) mass is 753 g/mol. The summed E-state index contributed by atoms with van der Waals surface area (Å²) in [5, 5.41) is 9.25. The van der Waals surface area contributed by atoms with Crippen LogP contribution < -0.4 is 4.90 Å². The van der Waals surface area contributed by atoms with Crippen LogP contribution >= 0.6 is 0 Å². The van der Waals surface area contributed by atoms with Crippen molar-refractivity contribution in [2.24, 2.45) is 0 Å². The fraction of sp³-hybridized carbons (Fsp3) is 0. The van der Waals surface area contributed by atoms with Crippen LogP contribution in [0.25, 0.3) is 98.8 Å². The molecule has 0 aliphatic carbocycles. The van der Waals surface area contributed by atoms with Gasteiger partial charge < -0.3 is 13.7 Å². The van der Waals surface area contributed by atoms with Crippen molar-refractivity contribution < 1.29 is 8.83 Å². The standard InChI is InChI=1S/C56H35NO2/c1-3-15-36(16-4-1)42-23-11-25-46-48-27-13-29-51(55(48)58-53(42)46)57(52-30-14-28-49-47-26-12-24-43(54(47)59-56(49)52)37-17-5-2-6-18-37)40-33-31-38(32-34-40)50-35-39-19-7-8-20-41(39)44-21-9-10-22-45(44)50/h1-35H. The van der Waals surface area contributed by atoms with E-state index in [9.17, 15) is 0 Å². The van der Waals surface area contributed by atoms with Crippen LogP contribution in [-0.2, 0) is 0 Å². The Morgan fingerprint density at radius 3 is 1.25 bits per heavy atom. The van der Waals surface area contributed by atoms with Gasteiger partial charge in [-0.05, 0) is 74.1 Å². The normalized spacial score (nSPS) is 11.7. The minimum atomic E-state index is 0.813. The molecule has 0 saturated heterocycles. The molecule has 3 heteroatoms. The predicted molar refractivity (Wildman–Crippen MR) is 247 cm³/mol. The smallest absolute Gasteiger partial charge is 0.159 e. The largest absolute Gasteiger partial charge is 0.453 e. The van der Waals surface area contributed by atoms with Gasteiger partial charge in [0.15, 0.2) is 11.2 Å². The van der Waals surface area contributed by atoms with Gasteiger partial charge in [0, 0.05) is 38.4 Å². The van der Waals surface area contributed by atoms with Crippen LogP contribution in [0.15, 0.2) is 221 Å².